The van der Waals surface area contributed by atoms with Crippen LogP contribution in [0, 0.1) is 6.92 Å². The number of nitrogens with two attached hydrogens (primary N) is 1. The van der Waals surface area contributed by atoms with Gasteiger partial charge in [0.15, 0.2) is 0 Å². The maximum absolute atomic E-state index is 6.15. The average Bonchev–Trinajstić information content (AvgIpc) is 2.75. The van der Waals surface area contributed by atoms with Crippen molar-refractivity contribution in [2.75, 3.05) is 0 Å². The Morgan fingerprint density at radius 3 is 2.80 bits per heavy atom. The minimum Gasteiger partial charge on any atom is -0.466 e. The summed E-state index contributed by atoms with van der Waals surface area (Å²) in [4.78, 5) is 0.935. The Morgan fingerprint density at radius 2 is 2.33 bits per heavy atom. The van der Waals surface area contributed by atoms with E-state index in [1.54, 1.807) is 17.6 Å². The van der Waals surface area contributed by atoms with Crippen molar-refractivity contribution >= 4 is 38.9 Å². The molecule has 2 nitrogen and oxygen atoms in total. The molecule has 0 aliphatic rings. The van der Waals surface area contributed by atoms with Crippen molar-refractivity contribution in [1.29, 1.82) is 0 Å². The molecule has 1 atom stereocenters. The summed E-state index contributed by atoms with van der Waals surface area (Å²) in [6.45, 7) is 1.96. The van der Waals surface area contributed by atoms with Gasteiger partial charge >= 0.3 is 0 Å². The van der Waals surface area contributed by atoms with E-state index < -0.39 is 0 Å². The number of rotatable bonds is 2. The van der Waals surface area contributed by atoms with Crippen LogP contribution in [0.25, 0.3) is 0 Å². The van der Waals surface area contributed by atoms with Gasteiger partial charge in [-0.3, -0.25) is 0 Å². The van der Waals surface area contributed by atoms with E-state index >= 15 is 0 Å². The molecule has 0 spiro atoms. The van der Waals surface area contributed by atoms with Crippen molar-refractivity contribution in [1.82, 2.24) is 0 Å². The highest BCUT2D eigenvalue weighted by molar-refractivity contribution is 9.10. The second-order valence-corrected chi connectivity index (χ2v) is 5.35. The quantitative estimate of drug-likeness (QED) is 0.906. The van der Waals surface area contributed by atoms with E-state index in [1.807, 2.05) is 18.4 Å². The summed E-state index contributed by atoms with van der Waals surface area (Å²) in [6, 6.07) is 1.52. The molecule has 1 unspecified atom stereocenters. The molecular formula is C10H9BrClNOS. The highest BCUT2D eigenvalue weighted by Crippen LogP contribution is 2.36. The SMILES string of the molecule is Cc1csc(C(N)c2occc2Br)c1Cl. The molecule has 2 N–H and O–H groups in total. The zero-order chi connectivity index (χ0) is 11.0. The molecule has 0 saturated heterocycles. The fourth-order valence-corrected chi connectivity index (χ4v) is 3.06. The summed E-state index contributed by atoms with van der Waals surface area (Å²) in [6.07, 6.45) is 1.60. The smallest absolute Gasteiger partial charge is 0.140 e. The molecule has 2 rings (SSSR count). The Kier molecular flexibility index (Phi) is 3.21. The lowest BCUT2D eigenvalue weighted by Crippen LogP contribution is -2.10. The minimum absolute atomic E-state index is 0.305. The monoisotopic (exact) mass is 305 g/mol. The molecule has 80 valence electrons. The van der Waals surface area contributed by atoms with E-state index in [0.717, 1.165) is 19.9 Å². The summed E-state index contributed by atoms with van der Waals surface area (Å²) in [5, 5.41) is 2.73. The molecule has 5 heteroatoms. The lowest BCUT2D eigenvalue weighted by atomic mass is 10.2. The number of hydrogen-bond acceptors (Lipinski definition) is 3. The normalized spacial score (nSPS) is 13.1. The first-order chi connectivity index (χ1) is 7.11. The van der Waals surface area contributed by atoms with Gasteiger partial charge in [0.25, 0.3) is 0 Å². The van der Waals surface area contributed by atoms with Gasteiger partial charge in [-0.15, -0.1) is 11.3 Å². The summed E-state index contributed by atoms with van der Waals surface area (Å²) >= 11 is 11.1. The van der Waals surface area contributed by atoms with Gasteiger partial charge < -0.3 is 10.2 Å². The molecule has 0 aliphatic heterocycles. The Labute approximate surface area is 105 Å². The number of thiophene rings is 1. The van der Waals surface area contributed by atoms with Crippen LogP contribution in [-0.2, 0) is 0 Å². The molecule has 2 aromatic rings. The first-order valence-corrected chi connectivity index (χ1v) is 6.38. The topological polar surface area (TPSA) is 39.2 Å². The number of aryl methyl sites for hydroxylation is 1. The molecular weight excluding hydrogens is 298 g/mol. The van der Waals surface area contributed by atoms with Crippen molar-refractivity contribution in [3.8, 4) is 0 Å². The van der Waals surface area contributed by atoms with Crippen LogP contribution in [-0.4, -0.2) is 0 Å². The standard InChI is InChI=1S/C10H9BrClNOS/c1-5-4-15-10(7(5)12)8(13)9-6(11)2-3-14-9/h2-4,8H,13H2,1H3. The minimum atomic E-state index is -0.305. The zero-order valence-corrected chi connectivity index (χ0v) is 11.1. The van der Waals surface area contributed by atoms with E-state index in [4.69, 9.17) is 21.8 Å². The van der Waals surface area contributed by atoms with E-state index in [0.29, 0.717) is 5.76 Å². The van der Waals surface area contributed by atoms with Crippen LogP contribution < -0.4 is 5.73 Å². The van der Waals surface area contributed by atoms with Gasteiger partial charge in [0, 0.05) is 4.88 Å². The van der Waals surface area contributed by atoms with Gasteiger partial charge in [-0.2, -0.15) is 0 Å². The summed E-state index contributed by atoms with van der Waals surface area (Å²) in [5.41, 5.74) is 7.13. The van der Waals surface area contributed by atoms with Gasteiger partial charge in [0.05, 0.1) is 15.8 Å². The van der Waals surface area contributed by atoms with Gasteiger partial charge in [-0.1, -0.05) is 11.6 Å². The summed E-state index contributed by atoms with van der Waals surface area (Å²) < 4.78 is 6.19. The first kappa shape index (κ1) is 11.2. The molecule has 0 aromatic carbocycles. The molecule has 0 bridgehead atoms. The van der Waals surface area contributed by atoms with Crippen LogP contribution in [0.2, 0.25) is 5.02 Å². The second-order valence-electron chi connectivity index (χ2n) is 3.21. The molecule has 0 aliphatic carbocycles. The number of halogens is 2. The van der Waals surface area contributed by atoms with Crippen LogP contribution >= 0.6 is 38.9 Å². The Bertz CT molecular complexity index is 479. The van der Waals surface area contributed by atoms with Crippen LogP contribution in [0.15, 0.2) is 26.6 Å². The predicted octanol–water partition coefficient (Wildman–Crippen LogP) is 4.11. The van der Waals surface area contributed by atoms with Crippen molar-refractivity contribution in [3.63, 3.8) is 0 Å². The molecule has 0 amide bonds. The van der Waals surface area contributed by atoms with Crippen LogP contribution in [0.1, 0.15) is 22.2 Å². The maximum Gasteiger partial charge on any atom is 0.140 e. The van der Waals surface area contributed by atoms with Crippen LogP contribution in [0.5, 0.6) is 0 Å². The van der Waals surface area contributed by atoms with Crippen molar-refractivity contribution in [3.05, 3.63) is 43.4 Å². The second kappa shape index (κ2) is 4.29. The summed E-state index contributed by atoms with van der Waals surface area (Å²) in [7, 11) is 0. The Hall–Kier alpha value is -0.290. The van der Waals surface area contributed by atoms with Crippen molar-refractivity contribution < 1.29 is 4.42 Å². The van der Waals surface area contributed by atoms with E-state index in [-0.39, 0.29) is 6.04 Å². The Morgan fingerprint density at radius 1 is 1.60 bits per heavy atom. The Balaban J connectivity index is 2.41. The van der Waals surface area contributed by atoms with Crippen LogP contribution in [0.3, 0.4) is 0 Å². The lowest BCUT2D eigenvalue weighted by molar-refractivity contribution is 0.489. The maximum atomic E-state index is 6.15. The zero-order valence-electron chi connectivity index (χ0n) is 7.96. The third-order valence-electron chi connectivity index (χ3n) is 2.13. The van der Waals surface area contributed by atoms with Gasteiger partial charge in [0.1, 0.15) is 11.8 Å². The molecule has 2 heterocycles. The third kappa shape index (κ3) is 1.99. The van der Waals surface area contributed by atoms with Gasteiger partial charge in [0.2, 0.25) is 0 Å². The number of furan rings is 1. The van der Waals surface area contributed by atoms with E-state index in [2.05, 4.69) is 15.9 Å². The molecule has 0 radical (unpaired) electrons. The van der Waals surface area contributed by atoms with Gasteiger partial charge in [-0.25, -0.2) is 0 Å². The average molecular weight is 307 g/mol. The lowest BCUT2D eigenvalue weighted by Gasteiger charge is -2.07. The number of hydrogen-bond donors (Lipinski definition) is 1. The largest absolute Gasteiger partial charge is 0.466 e. The van der Waals surface area contributed by atoms with E-state index in [9.17, 15) is 0 Å². The first-order valence-electron chi connectivity index (χ1n) is 4.33. The molecule has 0 saturated carbocycles. The fourth-order valence-electron chi connectivity index (χ4n) is 1.31. The summed E-state index contributed by atoms with van der Waals surface area (Å²) in [5.74, 6) is 0.707. The highest BCUT2D eigenvalue weighted by atomic mass is 79.9. The molecule has 0 fully saturated rings. The van der Waals surface area contributed by atoms with Gasteiger partial charge in [-0.05, 0) is 39.9 Å². The predicted molar refractivity (Wildman–Crippen MR) is 66.5 cm³/mol. The fraction of sp³-hybridized carbons (Fsp3) is 0.200. The third-order valence-corrected chi connectivity index (χ3v) is 4.59. The van der Waals surface area contributed by atoms with E-state index in [1.165, 1.54) is 0 Å². The highest BCUT2D eigenvalue weighted by Gasteiger charge is 2.20. The van der Waals surface area contributed by atoms with Crippen LogP contribution in [0.4, 0.5) is 0 Å². The van der Waals surface area contributed by atoms with Crippen molar-refractivity contribution in [2.45, 2.75) is 13.0 Å². The molecule has 2 aromatic heterocycles. The van der Waals surface area contributed by atoms with Crippen molar-refractivity contribution in [2.24, 2.45) is 5.73 Å². The molecule has 15 heavy (non-hydrogen) atoms.